The number of anilines is 1. The molecule has 1 amide bonds. The molecule has 128 valence electrons. The number of carbonyl (C=O) groups excluding carboxylic acids is 1. The quantitative estimate of drug-likeness (QED) is 0.685. The van der Waals surface area contributed by atoms with Crippen LogP contribution in [0.15, 0.2) is 36.4 Å². The molecule has 0 saturated heterocycles. The Morgan fingerprint density at radius 1 is 1.04 bits per heavy atom. The van der Waals surface area contributed by atoms with Crippen LogP contribution in [0.3, 0.4) is 0 Å². The van der Waals surface area contributed by atoms with Crippen molar-refractivity contribution in [3.8, 4) is 11.5 Å². The van der Waals surface area contributed by atoms with Gasteiger partial charge in [-0.3, -0.25) is 4.79 Å². The van der Waals surface area contributed by atoms with Crippen molar-refractivity contribution >= 4 is 11.7 Å². The summed E-state index contributed by atoms with van der Waals surface area (Å²) >= 11 is 0. The van der Waals surface area contributed by atoms with Crippen LogP contribution in [-0.4, -0.2) is 42.9 Å². The van der Waals surface area contributed by atoms with Crippen molar-refractivity contribution in [3.05, 3.63) is 42.1 Å². The Kier molecular flexibility index (Phi) is 6.82. The van der Waals surface area contributed by atoms with Gasteiger partial charge in [0.2, 0.25) is 0 Å². The van der Waals surface area contributed by atoms with Crippen LogP contribution in [0.4, 0.5) is 5.82 Å². The normalized spacial score (nSPS) is 10.1. The third-order valence-corrected chi connectivity index (χ3v) is 3.17. The summed E-state index contributed by atoms with van der Waals surface area (Å²) in [5.74, 6) is 1.88. The number of nitrogens with one attached hydrogen (secondary N) is 2. The number of hydrogen-bond acceptors (Lipinski definition) is 6. The second-order valence-electron chi connectivity index (χ2n) is 5.01. The third-order valence-electron chi connectivity index (χ3n) is 3.17. The maximum absolute atomic E-state index is 12.0. The van der Waals surface area contributed by atoms with E-state index in [1.54, 1.807) is 19.2 Å². The molecule has 0 saturated carbocycles. The van der Waals surface area contributed by atoms with Gasteiger partial charge in [0.15, 0.2) is 5.69 Å². The summed E-state index contributed by atoms with van der Waals surface area (Å²) in [6.45, 7) is 3.63. The number of nitrogens with zero attached hydrogens (tertiary/aromatic N) is 2. The van der Waals surface area contributed by atoms with E-state index in [0.29, 0.717) is 19.0 Å². The highest BCUT2D eigenvalue weighted by molar-refractivity contribution is 5.92. The van der Waals surface area contributed by atoms with Gasteiger partial charge >= 0.3 is 0 Å². The highest BCUT2D eigenvalue weighted by Crippen LogP contribution is 2.16. The van der Waals surface area contributed by atoms with E-state index >= 15 is 0 Å². The van der Waals surface area contributed by atoms with Crippen molar-refractivity contribution in [2.75, 3.05) is 32.1 Å². The lowest BCUT2D eigenvalue weighted by molar-refractivity contribution is 0.0941. The average molecular weight is 330 g/mol. The standard InChI is InChI=1S/C17H22N4O3/c1-3-10-18-16-9-8-15(20-21-16)17(22)19-11-12-24-14-6-4-13(23-2)5-7-14/h4-9H,3,10-12H2,1-2H3,(H,18,21)(H,19,22). The zero-order chi connectivity index (χ0) is 17.2. The van der Waals surface area contributed by atoms with E-state index in [1.165, 1.54) is 0 Å². The Labute approximate surface area is 141 Å². The van der Waals surface area contributed by atoms with E-state index in [2.05, 4.69) is 27.8 Å². The van der Waals surface area contributed by atoms with Gasteiger partial charge in [0.25, 0.3) is 5.91 Å². The number of amides is 1. The van der Waals surface area contributed by atoms with E-state index in [0.717, 1.165) is 24.5 Å². The predicted octanol–water partition coefficient (Wildman–Crippen LogP) is 2.12. The number of rotatable bonds is 9. The third kappa shape index (κ3) is 5.42. The van der Waals surface area contributed by atoms with Gasteiger partial charge in [0, 0.05) is 6.54 Å². The molecule has 0 aliphatic heterocycles. The first kappa shape index (κ1) is 17.5. The van der Waals surface area contributed by atoms with Gasteiger partial charge in [0.1, 0.15) is 23.9 Å². The molecule has 1 heterocycles. The minimum atomic E-state index is -0.275. The summed E-state index contributed by atoms with van der Waals surface area (Å²) in [5.41, 5.74) is 0.279. The van der Waals surface area contributed by atoms with E-state index < -0.39 is 0 Å². The fourth-order valence-electron chi connectivity index (χ4n) is 1.90. The number of aromatic nitrogens is 2. The molecular weight excluding hydrogens is 308 g/mol. The van der Waals surface area contributed by atoms with E-state index in [4.69, 9.17) is 9.47 Å². The predicted molar refractivity (Wildman–Crippen MR) is 91.6 cm³/mol. The summed E-state index contributed by atoms with van der Waals surface area (Å²) in [6, 6.07) is 10.6. The van der Waals surface area contributed by atoms with Crippen molar-refractivity contribution < 1.29 is 14.3 Å². The van der Waals surface area contributed by atoms with Crippen LogP contribution in [-0.2, 0) is 0 Å². The first-order chi connectivity index (χ1) is 11.7. The largest absolute Gasteiger partial charge is 0.497 e. The summed E-state index contributed by atoms with van der Waals surface area (Å²) in [4.78, 5) is 12.0. The maximum atomic E-state index is 12.0. The van der Waals surface area contributed by atoms with Gasteiger partial charge in [-0.1, -0.05) is 6.92 Å². The van der Waals surface area contributed by atoms with Crippen LogP contribution in [0.5, 0.6) is 11.5 Å². The molecule has 7 nitrogen and oxygen atoms in total. The molecule has 0 aliphatic carbocycles. The van der Waals surface area contributed by atoms with Crippen LogP contribution in [0.1, 0.15) is 23.8 Å². The Balaban J connectivity index is 1.72. The van der Waals surface area contributed by atoms with Crippen molar-refractivity contribution in [1.29, 1.82) is 0 Å². The fraction of sp³-hybridized carbons (Fsp3) is 0.353. The summed E-state index contributed by atoms with van der Waals surface area (Å²) in [6.07, 6.45) is 0.998. The SMILES string of the molecule is CCCNc1ccc(C(=O)NCCOc2ccc(OC)cc2)nn1. The molecule has 7 heteroatoms. The van der Waals surface area contributed by atoms with Crippen LogP contribution in [0, 0.1) is 0 Å². The van der Waals surface area contributed by atoms with Crippen LogP contribution >= 0.6 is 0 Å². The number of ether oxygens (including phenoxy) is 2. The molecule has 0 aliphatic rings. The summed E-state index contributed by atoms with van der Waals surface area (Å²) in [5, 5.41) is 13.7. The zero-order valence-corrected chi connectivity index (χ0v) is 13.9. The highest BCUT2D eigenvalue weighted by atomic mass is 16.5. The topological polar surface area (TPSA) is 85.4 Å². The van der Waals surface area contributed by atoms with E-state index in [1.807, 2.05) is 24.3 Å². The molecule has 0 atom stereocenters. The molecule has 0 unspecified atom stereocenters. The fourth-order valence-corrected chi connectivity index (χ4v) is 1.90. The summed E-state index contributed by atoms with van der Waals surface area (Å²) in [7, 11) is 1.61. The maximum Gasteiger partial charge on any atom is 0.271 e. The van der Waals surface area contributed by atoms with E-state index in [9.17, 15) is 4.79 Å². The molecular formula is C17H22N4O3. The van der Waals surface area contributed by atoms with Crippen LogP contribution < -0.4 is 20.1 Å². The molecule has 0 radical (unpaired) electrons. The minimum Gasteiger partial charge on any atom is -0.497 e. The Morgan fingerprint density at radius 3 is 2.42 bits per heavy atom. The van der Waals surface area contributed by atoms with Crippen molar-refractivity contribution in [1.82, 2.24) is 15.5 Å². The van der Waals surface area contributed by atoms with Gasteiger partial charge < -0.3 is 20.1 Å². The monoisotopic (exact) mass is 330 g/mol. The molecule has 2 rings (SSSR count). The Morgan fingerprint density at radius 2 is 1.79 bits per heavy atom. The van der Waals surface area contributed by atoms with Gasteiger partial charge in [-0.05, 0) is 42.8 Å². The smallest absolute Gasteiger partial charge is 0.271 e. The molecule has 0 fully saturated rings. The lowest BCUT2D eigenvalue weighted by atomic mass is 10.3. The molecule has 0 bridgehead atoms. The van der Waals surface area contributed by atoms with E-state index in [-0.39, 0.29) is 11.6 Å². The van der Waals surface area contributed by atoms with Gasteiger partial charge in [0.05, 0.1) is 13.7 Å². The number of methoxy groups -OCH3 is 1. The molecule has 1 aromatic heterocycles. The Bertz CT molecular complexity index is 629. The van der Waals surface area contributed by atoms with Crippen molar-refractivity contribution in [3.63, 3.8) is 0 Å². The first-order valence-corrected chi connectivity index (χ1v) is 7.85. The molecule has 1 aromatic carbocycles. The van der Waals surface area contributed by atoms with Crippen molar-refractivity contribution in [2.45, 2.75) is 13.3 Å². The second-order valence-corrected chi connectivity index (χ2v) is 5.01. The van der Waals surface area contributed by atoms with Gasteiger partial charge in [-0.25, -0.2) is 0 Å². The van der Waals surface area contributed by atoms with Gasteiger partial charge in [-0.2, -0.15) is 0 Å². The Hall–Kier alpha value is -2.83. The van der Waals surface area contributed by atoms with Gasteiger partial charge in [-0.15, -0.1) is 10.2 Å². The number of carbonyl (C=O) groups is 1. The number of benzene rings is 1. The highest BCUT2D eigenvalue weighted by Gasteiger charge is 2.07. The lowest BCUT2D eigenvalue weighted by Gasteiger charge is -2.08. The second kappa shape index (κ2) is 9.34. The van der Waals surface area contributed by atoms with Crippen LogP contribution in [0.25, 0.3) is 0 Å². The van der Waals surface area contributed by atoms with Crippen molar-refractivity contribution in [2.24, 2.45) is 0 Å². The number of hydrogen-bond donors (Lipinski definition) is 2. The molecule has 0 spiro atoms. The summed E-state index contributed by atoms with van der Waals surface area (Å²) < 4.78 is 10.6. The minimum absolute atomic E-state index is 0.275. The molecule has 24 heavy (non-hydrogen) atoms. The first-order valence-electron chi connectivity index (χ1n) is 7.85. The molecule has 2 aromatic rings. The zero-order valence-electron chi connectivity index (χ0n) is 13.9. The lowest BCUT2D eigenvalue weighted by Crippen LogP contribution is -2.29. The van der Waals surface area contributed by atoms with Crippen LogP contribution in [0.2, 0.25) is 0 Å². The molecule has 2 N–H and O–H groups in total. The average Bonchev–Trinajstić information content (AvgIpc) is 2.64.